The van der Waals surface area contributed by atoms with Gasteiger partial charge in [-0.2, -0.15) is 0 Å². The molecule has 2 aromatic rings. The van der Waals surface area contributed by atoms with E-state index in [2.05, 4.69) is 23.3 Å². The van der Waals surface area contributed by atoms with Crippen molar-refractivity contribution in [2.45, 2.75) is 37.1 Å². The first kappa shape index (κ1) is 14.3. The molecule has 1 aromatic heterocycles. The number of fused-ring (bicyclic) bond motifs is 1. The Morgan fingerprint density at radius 2 is 2.26 bits per heavy atom. The Hall–Kier alpha value is -1.07. The number of nitrogens with one attached hydrogen (secondary N) is 1. The van der Waals surface area contributed by atoms with Crippen LogP contribution in [0, 0.1) is 0 Å². The first-order chi connectivity index (χ1) is 9.19. The fourth-order valence-electron chi connectivity index (χ4n) is 1.86. The number of benzene rings is 1. The van der Waals surface area contributed by atoms with Crippen molar-refractivity contribution in [3.8, 4) is 0 Å². The predicted molar refractivity (Wildman–Crippen MR) is 82.9 cm³/mol. The number of aromatic nitrogens is 1. The van der Waals surface area contributed by atoms with Gasteiger partial charge in [0.1, 0.15) is 0 Å². The molecule has 0 saturated carbocycles. The Kier molecular flexibility index (Phi) is 5.22. The summed E-state index contributed by atoms with van der Waals surface area (Å²) < 4.78 is 2.13. The quantitative estimate of drug-likeness (QED) is 0.826. The topological polar surface area (TPSA) is 42.0 Å². The molecule has 0 aliphatic rings. The molecular formula is C14H18N2OS2. The number of carbonyl (C=O) groups is 1. The van der Waals surface area contributed by atoms with Gasteiger partial charge in [-0.25, -0.2) is 4.98 Å². The molecule has 0 bridgehead atoms. The SMILES string of the molecule is CCC[C@@H](C)NC(=O)CSc1nc2ccccc2s1. The number of carbonyl (C=O) groups excluding carboxylic acids is 1. The van der Waals surface area contributed by atoms with Gasteiger partial charge in [0.05, 0.1) is 16.0 Å². The summed E-state index contributed by atoms with van der Waals surface area (Å²) in [4.78, 5) is 16.3. The van der Waals surface area contributed by atoms with E-state index in [-0.39, 0.29) is 11.9 Å². The third-order valence-electron chi connectivity index (χ3n) is 2.73. The molecule has 2 rings (SSSR count). The summed E-state index contributed by atoms with van der Waals surface area (Å²) in [6.45, 7) is 4.17. The highest BCUT2D eigenvalue weighted by atomic mass is 32.2. The van der Waals surface area contributed by atoms with Crippen LogP contribution < -0.4 is 5.32 Å². The number of amides is 1. The van der Waals surface area contributed by atoms with E-state index >= 15 is 0 Å². The molecule has 3 nitrogen and oxygen atoms in total. The van der Waals surface area contributed by atoms with E-state index < -0.39 is 0 Å². The third-order valence-corrected chi connectivity index (χ3v) is 4.91. The van der Waals surface area contributed by atoms with Gasteiger partial charge < -0.3 is 5.32 Å². The summed E-state index contributed by atoms with van der Waals surface area (Å²) in [6.07, 6.45) is 2.12. The summed E-state index contributed by atoms with van der Waals surface area (Å²) in [5, 5.41) is 3.00. The van der Waals surface area contributed by atoms with E-state index in [1.807, 2.05) is 25.1 Å². The Labute approximate surface area is 121 Å². The minimum atomic E-state index is 0.0882. The van der Waals surface area contributed by atoms with Crippen molar-refractivity contribution in [3.05, 3.63) is 24.3 Å². The Balaban J connectivity index is 1.86. The monoisotopic (exact) mass is 294 g/mol. The fourth-order valence-corrected chi connectivity index (χ4v) is 3.74. The lowest BCUT2D eigenvalue weighted by Gasteiger charge is -2.11. The van der Waals surface area contributed by atoms with Crippen molar-refractivity contribution < 1.29 is 4.79 Å². The summed E-state index contributed by atoms with van der Waals surface area (Å²) >= 11 is 3.15. The van der Waals surface area contributed by atoms with Gasteiger partial charge in [0, 0.05) is 6.04 Å². The highest BCUT2D eigenvalue weighted by molar-refractivity contribution is 8.01. The number of rotatable bonds is 6. The van der Waals surface area contributed by atoms with E-state index in [1.165, 1.54) is 16.5 Å². The zero-order chi connectivity index (χ0) is 13.7. The number of nitrogens with zero attached hydrogens (tertiary/aromatic N) is 1. The molecule has 1 aromatic carbocycles. The zero-order valence-electron chi connectivity index (χ0n) is 11.2. The van der Waals surface area contributed by atoms with Crippen molar-refractivity contribution in [2.24, 2.45) is 0 Å². The van der Waals surface area contributed by atoms with E-state index in [4.69, 9.17) is 0 Å². The molecule has 1 atom stereocenters. The Bertz CT molecular complexity index is 520. The van der Waals surface area contributed by atoms with Crippen molar-refractivity contribution in [1.29, 1.82) is 0 Å². The van der Waals surface area contributed by atoms with Crippen LogP contribution in [-0.2, 0) is 4.79 Å². The number of para-hydroxylation sites is 1. The van der Waals surface area contributed by atoms with Crippen LogP contribution in [0.5, 0.6) is 0 Å². The molecular weight excluding hydrogens is 276 g/mol. The molecule has 0 unspecified atom stereocenters. The minimum absolute atomic E-state index is 0.0882. The molecule has 1 heterocycles. The lowest BCUT2D eigenvalue weighted by atomic mass is 10.2. The summed E-state index contributed by atoms with van der Waals surface area (Å²) in [5.74, 6) is 0.527. The van der Waals surface area contributed by atoms with Crippen molar-refractivity contribution in [3.63, 3.8) is 0 Å². The second kappa shape index (κ2) is 6.91. The van der Waals surface area contributed by atoms with Crippen LogP contribution in [0.4, 0.5) is 0 Å². The molecule has 1 N–H and O–H groups in total. The van der Waals surface area contributed by atoms with E-state index in [1.54, 1.807) is 11.3 Å². The van der Waals surface area contributed by atoms with Crippen LogP contribution in [0.25, 0.3) is 10.2 Å². The predicted octanol–water partition coefficient (Wildman–Crippen LogP) is 3.69. The molecule has 0 spiro atoms. The number of hydrogen-bond acceptors (Lipinski definition) is 4. The van der Waals surface area contributed by atoms with E-state index in [9.17, 15) is 4.79 Å². The largest absolute Gasteiger partial charge is 0.353 e. The third kappa shape index (κ3) is 4.21. The standard InChI is InChI=1S/C14H18N2OS2/c1-3-6-10(2)15-13(17)9-18-14-16-11-7-4-5-8-12(11)19-14/h4-5,7-8,10H,3,6,9H2,1-2H3,(H,15,17)/t10-/m1/s1. The summed E-state index contributed by atoms with van der Waals surface area (Å²) in [6, 6.07) is 8.30. The van der Waals surface area contributed by atoms with Gasteiger partial charge in [0.25, 0.3) is 0 Å². The maximum absolute atomic E-state index is 11.8. The van der Waals surface area contributed by atoms with Gasteiger partial charge >= 0.3 is 0 Å². The number of thioether (sulfide) groups is 1. The fraction of sp³-hybridized carbons (Fsp3) is 0.429. The van der Waals surface area contributed by atoms with E-state index in [0.717, 1.165) is 22.7 Å². The maximum Gasteiger partial charge on any atom is 0.230 e. The van der Waals surface area contributed by atoms with Crippen LogP contribution >= 0.6 is 23.1 Å². The van der Waals surface area contributed by atoms with Crippen LogP contribution in [-0.4, -0.2) is 22.7 Å². The smallest absolute Gasteiger partial charge is 0.230 e. The van der Waals surface area contributed by atoms with Crippen molar-refractivity contribution in [1.82, 2.24) is 10.3 Å². The molecule has 102 valence electrons. The minimum Gasteiger partial charge on any atom is -0.353 e. The van der Waals surface area contributed by atoms with Crippen LogP contribution in [0.15, 0.2) is 28.6 Å². The summed E-state index contributed by atoms with van der Waals surface area (Å²) in [7, 11) is 0. The van der Waals surface area contributed by atoms with Gasteiger partial charge in [-0.1, -0.05) is 37.2 Å². The normalized spacial score (nSPS) is 12.5. The molecule has 0 radical (unpaired) electrons. The first-order valence-corrected chi connectivity index (χ1v) is 8.27. The van der Waals surface area contributed by atoms with Crippen LogP contribution in [0.2, 0.25) is 0 Å². The van der Waals surface area contributed by atoms with Gasteiger partial charge in [-0.3, -0.25) is 4.79 Å². The lowest BCUT2D eigenvalue weighted by molar-refractivity contribution is -0.119. The van der Waals surface area contributed by atoms with Crippen molar-refractivity contribution in [2.75, 3.05) is 5.75 Å². The van der Waals surface area contributed by atoms with Gasteiger partial charge in [0.15, 0.2) is 4.34 Å². The zero-order valence-corrected chi connectivity index (χ0v) is 12.8. The maximum atomic E-state index is 11.8. The van der Waals surface area contributed by atoms with E-state index in [0.29, 0.717) is 5.75 Å². The number of hydrogen-bond donors (Lipinski definition) is 1. The Morgan fingerprint density at radius 3 is 3.00 bits per heavy atom. The van der Waals surface area contributed by atoms with Gasteiger partial charge in [0.2, 0.25) is 5.91 Å². The molecule has 0 aliphatic heterocycles. The molecule has 0 saturated heterocycles. The molecule has 0 aliphatic carbocycles. The highest BCUT2D eigenvalue weighted by Gasteiger charge is 2.09. The molecule has 0 fully saturated rings. The molecule has 5 heteroatoms. The second-order valence-electron chi connectivity index (χ2n) is 4.49. The van der Waals surface area contributed by atoms with Gasteiger partial charge in [-0.05, 0) is 25.5 Å². The van der Waals surface area contributed by atoms with Crippen LogP contribution in [0.1, 0.15) is 26.7 Å². The van der Waals surface area contributed by atoms with Gasteiger partial charge in [-0.15, -0.1) is 11.3 Å². The average molecular weight is 294 g/mol. The van der Waals surface area contributed by atoms with Crippen molar-refractivity contribution >= 4 is 39.2 Å². The van der Waals surface area contributed by atoms with Crippen LogP contribution in [0.3, 0.4) is 0 Å². The lowest BCUT2D eigenvalue weighted by Crippen LogP contribution is -2.33. The highest BCUT2D eigenvalue weighted by Crippen LogP contribution is 2.28. The molecule has 19 heavy (non-hydrogen) atoms. The Morgan fingerprint density at radius 1 is 1.47 bits per heavy atom. The average Bonchev–Trinajstić information content (AvgIpc) is 2.79. The molecule has 1 amide bonds. The first-order valence-electron chi connectivity index (χ1n) is 6.46. The summed E-state index contributed by atoms with van der Waals surface area (Å²) in [5.41, 5.74) is 1.01. The number of thiazole rings is 1. The second-order valence-corrected chi connectivity index (χ2v) is 6.75.